The van der Waals surface area contributed by atoms with E-state index in [1.165, 1.54) is 6.26 Å². The third-order valence-electron chi connectivity index (χ3n) is 3.02. The molecular weight excluding hydrogens is 383 g/mol. The Labute approximate surface area is 141 Å². The van der Waals surface area contributed by atoms with Crippen LogP contribution in [0.2, 0.25) is 0 Å². The number of carbonyl (C=O) groups is 1. The van der Waals surface area contributed by atoms with Crippen molar-refractivity contribution in [1.82, 2.24) is 16.0 Å². The molecule has 1 aliphatic carbocycles. The van der Waals surface area contributed by atoms with Crippen LogP contribution in [-0.2, 0) is 0 Å². The molecule has 0 aliphatic heterocycles. The van der Waals surface area contributed by atoms with Gasteiger partial charge >= 0.3 is 0 Å². The van der Waals surface area contributed by atoms with Crippen molar-refractivity contribution in [2.75, 3.05) is 20.1 Å². The van der Waals surface area contributed by atoms with E-state index in [0.29, 0.717) is 24.9 Å². The molecule has 1 amide bonds. The van der Waals surface area contributed by atoms with Crippen molar-refractivity contribution in [3.05, 3.63) is 36.3 Å². The zero-order valence-corrected chi connectivity index (χ0v) is 14.3. The fourth-order valence-corrected chi connectivity index (χ4v) is 1.97. The van der Waals surface area contributed by atoms with Gasteiger partial charge in [-0.15, -0.1) is 24.0 Å². The molecule has 1 aromatic heterocycles. The Bertz CT molecular complexity index is 477. The zero-order valence-electron chi connectivity index (χ0n) is 12.0. The molecule has 0 radical (unpaired) electrons. The van der Waals surface area contributed by atoms with Crippen LogP contribution in [0.4, 0.5) is 0 Å². The first-order chi connectivity index (χ1) is 9.79. The first kappa shape index (κ1) is 17.5. The van der Waals surface area contributed by atoms with Crippen molar-refractivity contribution in [2.24, 2.45) is 4.99 Å². The van der Waals surface area contributed by atoms with Gasteiger partial charge in [0.25, 0.3) is 5.91 Å². The summed E-state index contributed by atoms with van der Waals surface area (Å²) in [6.45, 7) is 1.11. The van der Waals surface area contributed by atoms with Crippen LogP contribution in [0.15, 0.2) is 40.0 Å². The molecule has 0 spiro atoms. The van der Waals surface area contributed by atoms with Gasteiger partial charge in [0.2, 0.25) is 0 Å². The van der Waals surface area contributed by atoms with E-state index >= 15 is 0 Å². The van der Waals surface area contributed by atoms with Gasteiger partial charge in [-0.1, -0.05) is 12.2 Å². The molecule has 2 rings (SSSR count). The Hall–Kier alpha value is -1.51. The van der Waals surface area contributed by atoms with E-state index in [1.807, 2.05) is 0 Å². The summed E-state index contributed by atoms with van der Waals surface area (Å²) in [5.74, 6) is 0.871. The van der Waals surface area contributed by atoms with Crippen molar-refractivity contribution in [3.63, 3.8) is 0 Å². The monoisotopic (exact) mass is 404 g/mol. The lowest BCUT2D eigenvalue weighted by Crippen LogP contribution is -2.45. The fraction of sp³-hybridized carbons (Fsp3) is 0.429. The summed E-state index contributed by atoms with van der Waals surface area (Å²) in [4.78, 5) is 15.8. The summed E-state index contributed by atoms with van der Waals surface area (Å²) >= 11 is 0. The highest BCUT2D eigenvalue weighted by Crippen LogP contribution is 2.08. The van der Waals surface area contributed by atoms with Gasteiger partial charge in [-0.2, -0.15) is 0 Å². The molecule has 3 N–H and O–H groups in total. The summed E-state index contributed by atoms with van der Waals surface area (Å²) in [6, 6.07) is 3.74. The normalized spacial score (nSPS) is 14.6. The Morgan fingerprint density at radius 3 is 2.67 bits per heavy atom. The van der Waals surface area contributed by atoms with Gasteiger partial charge in [-0.05, 0) is 25.0 Å². The molecule has 1 aromatic rings. The highest BCUT2D eigenvalue weighted by molar-refractivity contribution is 14.0. The number of halogens is 1. The number of hydrogen-bond donors (Lipinski definition) is 3. The van der Waals surface area contributed by atoms with E-state index in [0.717, 1.165) is 18.8 Å². The molecule has 0 saturated heterocycles. The molecule has 0 aromatic carbocycles. The summed E-state index contributed by atoms with van der Waals surface area (Å²) in [7, 11) is 1.74. The van der Waals surface area contributed by atoms with Gasteiger partial charge in [-0.25, -0.2) is 0 Å². The van der Waals surface area contributed by atoms with Crippen LogP contribution in [0, 0.1) is 0 Å². The number of nitrogens with zero attached hydrogens (tertiary/aromatic N) is 1. The lowest BCUT2D eigenvalue weighted by Gasteiger charge is -2.16. The van der Waals surface area contributed by atoms with Crippen LogP contribution in [-0.4, -0.2) is 38.0 Å². The Kier molecular flexibility index (Phi) is 7.88. The third-order valence-corrected chi connectivity index (χ3v) is 3.02. The number of amides is 1. The zero-order chi connectivity index (χ0) is 14.2. The second kappa shape index (κ2) is 9.43. The van der Waals surface area contributed by atoms with Crippen LogP contribution in [0.5, 0.6) is 0 Å². The van der Waals surface area contributed by atoms with Crippen molar-refractivity contribution in [3.8, 4) is 0 Å². The van der Waals surface area contributed by atoms with Crippen molar-refractivity contribution in [1.29, 1.82) is 0 Å². The molecule has 1 heterocycles. The van der Waals surface area contributed by atoms with Crippen molar-refractivity contribution >= 4 is 35.8 Å². The number of rotatable bonds is 5. The Balaban J connectivity index is 0.00000220. The van der Waals surface area contributed by atoms with Gasteiger partial charge in [0.15, 0.2) is 11.7 Å². The predicted molar refractivity (Wildman–Crippen MR) is 93.1 cm³/mol. The van der Waals surface area contributed by atoms with Gasteiger partial charge in [0, 0.05) is 26.2 Å². The number of guanidine groups is 1. The first-order valence-corrected chi connectivity index (χ1v) is 6.73. The predicted octanol–water partition coefficient (Wildman–Crippen LogP) is 1.51. The molecule has 0 fully saturated rings. The minimum atomic E-state index is -0.209. The van der Waals surface area contributed by atoms with E-state index in [9.17, 15) is 4.79 Å². The van der Waals surface area contributed by atoms with E-state index in [-0.39, 0.29) is 29.9 Å². The van der Waals surface area contributed by atoms with Crippen molar-refractivity contribution in [2.45, 2.75) is 18.9 Å². The SMILES string of the molecule is CN=C(NCCNC(=O)c1ccco1)NC1CC=CC1.I. The molecule has 7 heteroatoms. The molecule has 0 atom stereocenters. The average Bonchev–Trinajstić information content (AvgIpc) is 3.14. The van der Waals surface area contributed by atoms with Gasteiger partial charge in [0.05, 0.1) is 6.26 Å². The highest BCUT2D eigenvalue weighted by atomic mass is 127. The maximum absolute atomic E-state index is 11.6. The standard InChI is InChI=1S/C14H20N4O2.HI/c1-15-14(18-11-5-2-3-6-11)17-9-8-16-13(19)12-7-4-10-20-12;/h2-4,7,10-11H,5-6,8-9H2,1H3,(H,16,19)(H2,15,17,18);1H. The third kappa shape index (κ3) is 5.78. The number of hydrogen-bond acceptors (Lipinski definition) is 3. The largest absolute Gasteiger partial charge is 0.459 e. The summed E-state index contributed by atoms with van der Waals surface area (Å²) < 4.78 is 5.01. The minimum absolute atomic E-state index is 0. The second-order valence-corrected chi connectivity index (χ2v) is 4.52. The summed E-state index contributed by atoms with van der Waals surface area (Å²) in [5, 5.41) is 9.26. The molecule has 6 nitrogen and oxygen atoms in total. The summed E-state index contributed by atoms with van der Waals surface area (Å²) in [6.07, 6.45) is 7.85. The van der Waals surface area contributed by atoms with Crippen LogP contribution in [0.3, 0.4) is 0 Å². The second-order valence-electron chi connectivity index (χ2n) is 4.52. The van der Waals surface area contributed by atoms with Crippen LogP contribution < -0.4 is 16.0 Å². The number of nitrogens with one attached hydrogen (secondary N) is 3. The van der Waals surface area contributed by atoms with E-state index in [4.69, 9.17) is 4.42 Å². The van der Waals surface area contributed by atoms with Gasteiger partial charge in [-0.3, -0.25) is 9.79 Å². The van der Waals surface area contributed by atoms with E-state index in [2.05, 4.69) is 33.1 Å². The lowest BCUT2D eigenvalue weighted by molar-refractivity contribution is 0.0926. The quantitative estimate of drug-likeness (QED) is 0.229. The number of aliphatic imine (C=N–C) groups is 1. The van der Waals surface area contributed by atoms with Crippen LogP contribution in [0.1, 0.15) is 23.4 Å². The summed E-state index contributed by atoms with van der Waals surface area (Å²) in [5.41, 5.74) is 0. The number of carbonyl (C=O) groups excluding carboxylic acids is 1. The molecule has 0 bridgehead atoms. The molecule has 0 saturated carbocycles. The smallest absolute Gasteiger partial charge is 0.287 e. The Morgan fingerprint density at radius 2 is 2.05 bits per heavy atom. The fourth-order valence-electron chi connectivity index (χ4n) is 1.97. The van der Waals surface area contributed by atoms with Gasteiger partial charge < -0.3 is 20.4 Å². The molecule has 1 aliphatic rings. The highest BCUT2D eigenvalue weighted by Gasteiger charge is 2.11. The molecule has 0 unspecified atom stereocenters. The van der Waals surface area contributed by atoms with E-state index in [1.54, 1.807) is 19.2 Å². The van der Waals surface area contributed by atoms with Crippen LogP contribution in [0.25, 0.3) is 0 Å². The molecule has 116 valence electrons. The van der Waals surface area contributed by atoms with E-state index < -0.39 is 0 Å². The van der Waals surface area contributed by atoms with Gasteiger partial charge in [0.1, 0.15) is 0 Å². The maximum atomic E-state index is 11.6. The number of furan rings is 1. The lowest BCUT2D eigenvalue weighted by atomic mass is 10.2. The Morgan fingerprint density at radius 1 is 1.33 bits per heavy atom. The van der Waals surface area contributed by atoms with Crippen molar-refractivity contribution < 1.29 is 9.21 Å². The first-order valence-electron chi connectivity index (χ1n) is 6.73. The topological polar surface area (TPSA) is 78.7 Å². The molecule has 21 heavy (non-hydrogen) atoms. The maximum Gasteiger partial charge on any atom is 0.287 e. The average molecular weight is 404 g/mol. The molecular formula is C14H21IN4O2. The minimum Gasteiger partial charge on any atom is -0.459 e. The van der Waals surface area contributed by atoms with Crippen LogP contribution >= 0.6 is 24.0 Å².